The van der Waals surface area contributed by atoms with Gasteiger partial charge in [-0.2, -0.15) is 5.10 Å². The molecule has 2 rings (SSSR count). The lowest BCUT2D eigenvalue weighted by Crippen LogP contribution is -2.25. The molecule has 0 N–H and O–H groups in total. The third kappa shape index (κ3) is 3.37. The van der Waals surface area contributed by atoms with Crippen LogP contribution in [0.25, 0.3) is 0 Å². The van der Waals surface area contributed by atoms with E-state index in [4.69, 9.17) is 0 Å². The van der Waals surface area contributed by atoms with Crippen LogP contribution in [0.15, 0.2) is 47.4 Å². The van der Waals surface area contributed by atoms with Gasteiger partial charge in [0.25, 0.3) is 5.56 Å². The lowest BCUT2D eigenvalue weighted by molar-refractivity contribution is 0.0965. The van der Waals surface area contributed by atoms with Crippen molar-refractivity contribution < 1.29 is 4.79 Å². The van der Waals surface area contributed by atoms with Crippen molar-refractivity contribution in [1.82, 2.24) is 9.78 Å². The van der Waals surface area contributed by atoms with Gasteiger partial charge in [-0.1, -0.05) is 37.6 Å². The monoisotopic (exact) mass is 256 g/mol. The van der Waals surface area contributed by atoms with Gasteiger partial charge in [0.1, 0.15) is 6.54 Å². The minimum absolute atomic E-state index is 0.0210. The summed E-state index contributed by atoms with van der Waals surface area (Å²) < 4.78 is 1.17. The number of aryl methyl sites for hydroxylation is 1. The predicted molar refractivity (Wildman–Crippen MR) is 73.3 cm³/mol. The Morgan fingerprint density at radius 2 is 1.95 bits per heavy atom. The number of Topliss-reactive ketones (excluding diaryl/α,β-unsaturated/α-hetero) is 1. The molecule has 0 aliphatic heterocycles. The maximum atomic E-state index is 12.0. The Bertz CT molecular complexity index is 615. The van der Waals surface area contributed by atoms with E-state index in [0.717, 1.165) is 12.8 Å². The smallest absolute Gasteiger partial charge is 0.267 e. The number of hydrogen-bond donors (Lipinski definition) is 0. The number of benzene rings is 1. The third-order valence-electron chi connectivity index (χ3n) is 2.89. The van der Waals surface area contributed by atoms with E-state index < -0.39 is 0 Å². The molecule has 1 aromatic carbocycles. The maximum absolute atomic E-state index is 12.0. The molecule has 0 spiro atoms. The van der Waals surface area contributed by atoms with E-state index in [0.29, 0.717) is 5.56 Å². The molecule has 0 bridgehead atoms. The first kappa shape index (κ1) is 13.2. The van der Waals surface area contributed by atoms with E-state index in [2.05, 4.69) is 12.0 Å². The summed E-state index contributed by atoms with van der Waals surface area (Å²) in [7, 11) is 0. The zero-order valence-corrected chi connectivity index (χ0v) is 10.9. The maximum Gasteiger partial charge on any atom is 0.267 e. The van der Waals surface area contributed by atoms with Gasteiger partial charge < -0.3 is 0 Å². The molecule has 1 heterocycles. The highest BCUT2D eigenvalue weighted by Crippen LogP contribution is 2.07. The van der Waals surface area contributed by atoms with E-state index in [1.807, 2.05) is 12.1 Å². The summed E-state index contributed by atoms with van der Waals surface area (Å²) in [4.78, 5) is 23.5. The molecule has 98 valence electrons. The van der Waals surface area contributed by atoms with Crippen molar-refractivity contribution in [2.75, 3.05) is 0 Å². The highest BCUT2D eigenvalue weighted by atomic mass is 16.1. The second-order valence-corrected chi connectivity index (χ2v) is 4.39. The number of aromatic nitrogens is 2. The van der Waals surface area contributed by atoms with E-state index in [9.17, 15) is 9.59 Å². The van der Waals surface area contributed by atoms with E-state index in [1.165, 1.54) is 22.5 Å². The van der Waals surface area contributed by atoms with E-state index >= 15 is 0 Å². The fraction of sp³-hybridized carbons (Fsp3) is 0.267. The molecule has 0 unspecified atom stereocenters. The van der Waals surface area contributed by atoms with Crippen molar-refractivity contribution in [3.8, 4) is 0 Å². The highest BCUT2D eigenvalue weighted by Gasteiger charge is 2.08. The summed E-state index contributed by atoms with van der Waals surface area (Å²) in [5.74, 6) is -0.108. The van der Waals surface area contributed by atoms with Gasteiger partial charge >= 0.3 is 0 Å². The molecule has 2 aromatic rings. The molecule has 0 atom stereocenters. The first-order valence-electron chi connectivity index (χ1n) is 6.35. The Morgan fingerprint density at radius 1 is 1.21 bits per heavy atom. The first-order valence-corrected chi connectivity index (χ1v) is 6.35. The molecular formula is C15H16N2O2. The van der Waals surface area contributed by atoms with Crippen molar-refractivity contribution >= 4 is 5.78 Å². The Kier molecular flexibility index (Phi) is 4.23. The number of hydrogen-bond acceptors (Lipinski definition) is 3. The molecule has 0 saturated heterocycles. The van der Waals surface area contributed by atoms with Crippen LogP contribution >= 0.6 is 0 Å². The van der Waals surface area contributed by atoms with Gasteiger partial charge in [0.2, 0.25) is 0 Å². The van der Waals surface area contributed by atoms with Crippen LogP contribution in [0.1, 0.15) is 29.3 Å². The van der Waals surface area contributed by atoms with Gasteiger partial charge in [-0.15, -0.1) is 0 Å². The SMILES string of the molecule is CCCc1ccc(C(=O)Cn2ncccc2=O)cc1. The largest absolute Gasteiger partial charge is 0.292 e. The van der Waals surface area contributed by atoms with E-state index in [1.54, 1.807) is 18.2 Å². The zero-order chi connectivity index (χ0) is 13.7. The van der Waals surface area contributed by atoms with Crippen molar-refractivity contribution in [2.24, 2.45) is 0 Å². The van der Waals surface area contributed by atoms with Crippen molar-refractivity contribution in [3.05, 3.63) is 64.1 Å². The number of ketones is 1. The number of carbonyl (C=O) groups is 1. The fourth-order valence-electron chi connectivity index (χ4n) is 1.88. The Morgan fingerprint density at radius 3 is 2.58 bits per heavy atom. The van der Waals surface area contributed by atoms with E-state index in [-0.39, 0.29) is 17.9 Å². The molecule has 19 heavy (non-hydrogen) atoms. The molecule has 0 aliphatic carbocycles. The molecule has 0 saturated carbocycles. The summed E-state index contributed by atoms with van der Waals surface area (Å²) in [5, 5.41) is 3.87. The predicted octanol–water partition coefficient (Wildman–Crippen LogP) is 2.08. The van der Waals surface area contributed by atoms with Crippen LogP contribution < -0.4 is 5.56 Å². The molecule has 0 fully saturated rings. The summed E-state index contributed by atoms with van der Waals surface area (Å²) in [6, 6.07) is 10.5. The van der Waals surface area contributed by atoms with Gasteiger partial charge in [0.15, 0.2) is 5.78 Å². The highest BCUT2D eigenvalue weighted by molar-refractivity contribution is 5.95. The third-order valence-corrected chi connectivity index (χ3v) is 2.89. The standard InChI is InChI=1S/C15H16N2O2/c1-2-4-12-6-8-13(9-7-12)14(18)11-17-15(19)5-3-10-16-17/h3,5-10H,2,4,11H2,1H3. The number of rotatable bonds is 5. The van der Waals surface area contributed by atoms with Crippen LogP contribution in [0.4, 0.5) is 0 Å². The Balaban J connectivity index is 2.12. The van der Waals surface area contributed by atoms with Crippen LogP contribution in [-0.2, 0) is 13.0 Å². The van der Waals surface area contributed by atoms with Gasteiger partial charge in [-0.25, -0.2) is 4.68 Å². The average molecular weight is 256 g/mol. The number of nitrogens with zero attached hydrogens (tertiary/aromatic N) is 2. The summed E-state index contributed by atoms with van der Waals surface area (Å²) in [6.45, 7) is 2.10. The van der Waals surface area contributed by atoms with Crippen LogP contribution in [0.2, 0.25) is 0 Å². The van der Waals surface area contributed by atoms with Crippen molar-refractivity contribution in [2.45, 2.75) is 26.3 Å². The van der Waals surface area contributed by atoms with Gasteiger partial charge in [0.05, 0.1) is 0 Å². The summed E-state index contributed by atoms with van der Waals surface area (Å²) in [6.07, 6.45) is 3.59. The van der Waals surface area contributed by atoms with Crippen molar-refractivity contribution in [1.29, 1.82) is 0 Å². The molecule has 1 aromatic heterocycles. The van der Waals surface area contributed by atoms with Crippen LogP contribution in [-0.4, -0.2) is 15.6 Å². The van der Waals surface area contributed by atoms with Gasteiger partial charge in [-0.05, 0) is 18.1 Å². The molecular weight excluding hydrogens is 240 g/mol. The van der Waals surface area contributed by atoms with Gasteiger partial charge in [0, 0.05) is 17.8 Å². The summed E-state index contributed by atoms with van der Waals surface area (Å²) >= 11 is 0. The lowest BCUT2D eigenvalue weighted by Gasteiger charge is -2.04. The molecule has 4 nitrogen and oxygen atoms in total. The number of carbonyl (C=O) groups excluding carboxylic acids is 1. The normalized spacial score (nSPS) is 10.4. The van der Waals surface area contributed by atoms with Crippen LogP contribution in [0.5, 0.6) is 0 Å². The molecule has 0 aliphatic rings. The van der Waals surface area contributed by atoms with Crippen molar-refractivity contribution in [3.63, 3.8) is 0 Å². The zero-order valence-electron chi connectivity index (χ0n) is 10.9. The Labute approximate surface area is 111 Å². The molecule has 0 amide bonds. The van der Waals surface area contributed by atoms with Crippen LogP contribution in [0, 0.1) is 0 Å². The molecule has 4 heteroatoms. The Hall–Kier alpha value is -2.23. The fourth-order valence-corrected chi connectivity index (χ4v) is 1.88. The minimum Gasteiger partial charge on any atom is -0.292 e. The minimum atomic E-state index is -0.265. The lowest BCUT2D eigenvalue weighted by atomic mass is 10.1. The van der Waals surface area contributed by atoms with Gasteiger partial charge in [-0.3, -0.25) is 9.59 Å². The van der Waals surface area contributed by atoms with Crippen LogP contribution in [0.3, 0.4) is 0 Å². The summed E-state index contributed by atoms with van der Waals surface area (Å²) in [5.41, 5.74) is 1.56. The second-order valence-electron chi connectivity index (χ2n) is 4.39. The average Bonchev–Trinajstić information content (AvgIpc) is 2.42. The molecule has 0 radical (unpaired) electrons. The second kappa shape index (κ2) is 6.09. The topological polar surface area (TPSA) is 52.0 Å². The quantitative estimate of drug-likeness (QED) is 0.770. The first-order chi connectivity index (χ1) is 9.20.